The Morgan fingerprint density at radius 3 is 2.71 bits per heavy atom. The zero-order valence-corrected chi connectivity index (χ0v) is 14.5. The molecule has 0 aliphatic rings. The van der Waals surface area contributed by atoms with Gasteiger partial charge < -0.3 is 20.4 Å². The maximum absolute atomic E-state index is 11.1. The van der Waals surface area contributed by atoms with Crippen molar-refractivity contribution < 1.29 is 9.21 Å². The fourth-order valence-corrected chi connectivity index (χ4v) is 2.37. The number of hydrogen-bond donors (Lipinski definition) is 2. The van der Waals surface area contributed by atoms with E-state index in [0.717, 1.165) is 23.1 Å². The van der Waals surface area contributed by atoms with Crippen LogP contribution in [-0.2, 0) is 13.1 Å². The minimum absolute atomic E-state index is 0.134. The standard InChI is InChI=1S/C17H21ClN4O2/c1-3-20-17(21-10-13-8-9-15(24-13)16(19)23)22(2)11-12-6-4-5-7-14(12)18/h4-9H,3,10-11H2,1-2H3,(H2,19,23)(H,20,21). The summed E-state index contributed by atoms with van der Waals surface area (Å²) in [5.41, 5.74) is 6.19. The van der Waals surface area contributed by atoms with E-state index in [1.165, 1.54) is 0 Å². The molecule has 1 aromatic heterocycles. The monoisotopic (exact) mass is 348 g/mol. The maximum Gasteiger partial charge on any atom is 0.284 e. The second-order valence-corrected chi connectivity index (χ2v) is 5.66. The Kier molecular flexibility index (Phi) is 6.26. The number of aliphatic imine (C=N–C) groups is 1. The molecule has 7 heteroatoms. The van der Waals surface area contributed by atoms with Gasteiger partial charge in [0.2, 0.25) is 0 Å². The van der Waals surface area contributed by atoms with Gasteiger partial charge >= 0.3 is 0 Å². The number of benzene rings is 1. The Morgan fingerprint density at radius 1 is 1.33 bits per heavy atom. The molecular formula is C17H21ClN4O2. The van der Waals surface area contributed by atoms with Gasteiger partial charge in [-0.3, -0.25) is 4.79 Å². The highest BCUT2D eigenvalue weighted by Crippen LogP contribution is 2.16. The molecule has 0 saturated heterocycles. The molecule has 0 fully saturated rings. The van der Waals surface area contributed by atoms with Gasteiger partial charge in [-0.25, -0.2) is 4.99 Å². The number of carbonyl (C=O) groups is 1. The van der Waals surface area contributed by atoms with Crippen LogP contribution in [0.3, 0.4) is 0 Å². The van der Waals surface area contributed by atoms with Gasteiger partial charge in [0.05, 0.1) is 0 Å². The van der Waals surface area contributed by atoms with Gasteiger partial charge in [0, 0.05) is 25.2 Å². The third-order valence-corrected chi connectivity index (χ3v) is 3.72. The van der Waals surface area contributed by atoms with Crippen molar-refractivity contribution in [2.45, 2.75) is 20.0 Å². The lowest BCUT2D eigenvalue weighted by atomic mass is 10.2. The number of carbonyl (C=O) groups excluding carboxylic acids is 1. The largest absolute Gasteiger partial charge is 0.454 e. The second-order valence-electron chi connectivity index (χ2n) is 5.25. The van der Waals surface area contributed by atoms with Crippen LogP contribution in [0.5, 0.6) is 0 Å². The smallest absolute Gasteiger partial charge is 0.284 e. The molecule has 0 unspecified atom stereocenters. The van der Waals surface area contributed by atoms with Crippen LogP contribution in [-0.4, -0.2) is 30.4 Å². The van der Waals surface area contributed by atoms with E-state index in [4.69, 9.17) is 21.8 Å². The maximum atomic E-state index is 11.1. The highest BCUT2D eigenvalue weighted by Gasteiger charge is 2.10. The summed E-state index contributed by atoms with van der Waals surface area (Å²) in [6.45, 7) is 3.66. The van der Waals surface area contributed by atoms with Gasteiger partial charge in [-0.2, -0.15) is 0 Å². The van der Waals surface area contributed by atoms with E-state index >= 15 is 0 Å². The molecule has 2 rings (SSSR count). The fourth-order valence-electron chi connectivity index (χ4n) is 2.17. The lowest BCUT2D eigenvalue weighted by Gasteiger charge is -2.22. The van der Waals surface area contributed by atoms with Gasteiger partial charge in [0.15, 0.2) is 11.7 Å². The number of amides is 1. The van der Waals surface area contributed by atoms with E-state index in [-0.39, 0.29) is 5.76 Å². The third kappa shape index (κ3) is 4.76. The average molecular weight is 349 g/mol. The lowest BCUT2D eigenvalue weighted by Crippen LogP contribution is -2.38. The van der Waals surface area contributed by atoms with E-state index in [2.05, 4.69) is 10.3 Å². The molecule has 128 valence electrons. The van der Waals surface area contributed by atoms with Crippen LogP contribution in [0.1, 0.15) is 28.8 Å². The van der Waals surface area contributed by atoms with E-state index in [0.29, 0.717) is 18.8 Å². The first-order chi connectivity index (χ1) is 11.5. The highest BCUT2D eigenvalue weighted by molar-refractivity contribution is 6.31. The van der Waals surface area contributed by atoms with Gasteiger partial charge in [0.25, 0.3) is 5.91 Å². The number of nitrogens with one attached hydrogen (secondary N) is 1. The minimum Gasteiger partial charge on any atom is -0.454 e. The topological polar surface area (TPSA) is 83.9 Å². The van der Waals surface area contributed by atoms with Crippen molar-refractivity contribution in [3.63, 3.8) is 0 Å². The number of hydrogen-bond acceptors (Lipinski definition) is 3. The van der Waals surface area contributed by atoms with Crippen molar-refractivity contribution >= 4 is 23.5 Å². The molecule has 1 amide bonds. The molecule has 1 aromatic carbocycles. The highest BCUT2D eigenvalue weighted by atomic mass is 35.5. The number of nitrogens with two attached hydrogens (primary N) is 1. The zero-order chi connectivity index (χ0) is 17.5. The summed E-state index contributed by atoms with van der Waals surface area (Å²) in [5.74, 6) is 0.836. The van der Waals surface area contributed by atoms with Crippen LogP contribution in [0.25, 0.3) is 0 Å². The van der Waals surface area contributed by atoms with Crippen molar-refractivity contribution in [1.82, 2.24) is 10.2 Å². The summed E-state index contributed by atoms with van der Waals surface area (Å²) in [5, 5.41) is 3.94. The lowest BCUT2D eigenvalue weighted by molar-refractivity contribution is 0.0972. The molecule has 0 bridgehead atoms. The predicted octanol–water partition coefficient (Wildman–Crippen LogP) is 2.63. The van der Waals surface area contributed by atoms with Gasteiger partial charge in [0.1, 0.15) is 12.3 Å². The Bertz CT molecular complexity index is 727. The van der Waals surface area contributed by atoms with Gasteiger partial charge in [-0.05, 0) is 30.7 Å². The molecule has 0 spiro atoms. The predicted molar refractivity (Wildman–Crippen MR) is 95.0 cm³/mol. The third-order valence-electron chi connectivity index (χ3n) is 3.35. The van der Waals surface area contributed by atoms with E-state index in [1.807, 2.05) is 43.1 Å². The minimum atomic E-state index is -0.590. The molecule has 24 heavy (non-hydrogen) atoms. The quantitative estimate of drug-likeness (QED) is 0.621. The number of rotatable bonds is 6. The first-order valence-corrected chi connectivity index (χ1v) is 8.00. The van der Waals surface area contributed by atoms with E-state index in [1.54, 1.807) is 12.1 Å². The van der Waals surface area contributed by atoms with Crippen LogP contribution < -0.4 is 11.1 Å². The molecular weight excluding hydrogens is 328 g/mol. The summed E-state index contributed by atoms with van der Waals surface area (Å²) in [6, 6.07) is 10.9. The van der Waals surface area contributed by atoms with Crippen LogP contribution in [0, 0.1) is 0 Å². The molecule has 0 aliphatic carbocycles. The molecule has 6 nitrogen and oxygen atoms in total. The van der Waals surface area contributed by atoms with Crippen LogP contribution >= 0.6 is 11.6 Å². The van der Waals surface area contributed by atoms with Crippen molar-refractivity contribution in [3.05, 3.63) is 58.5 Å². The number of nitrogens with zero attached hydrogens (tertiary/aromatic N) is 2. The zero-order valence-electron chi connectivity index (χ0n) is 13.8. The number of guanidine groups is 1. The Hall–Kier alpha value is -2.47. The Balaban J connectivity index is 2.09. The van der Waals surface area contributed by atoms with Crippen LogP contribution in [0.2, 0.25) is 5.02 Å². The summed E-state index contributed by atoms with van der Waals surface area (Å²) in [7, 11) is 1.93. The molecule has 1 heterocycles. The van der Waals surface area contributed by atoms with Gasteiger partial charge in [-0.15, -0.1) is 0 Å². The molecule has 0 atom stereocenters. The van der Waals surface area contributed by atoms with Crippen LogP contribution in [0.4, 0.5) is 0 Å². The average Bonchev–Trinajstić information content (AvgIpc) is 3.02. The molecule has 3 N–H and O–H groups in total. The fraction of sp³-hybridized carbons (Fsp3) is 0.294. The van der Waals surface area contributed by atoms with E-state index in [9.17, 15) is 4.79 Å². The molecule has 0 aliphatic heterocycles. The van der Waals surface area contributed by atoms with Crippen molar-refractivity contribution in [3.8, 4) is 0 Å². The summed E-state index contributed by atoms with van der Waals surface area (Å²) < 4.78 is 5.34. The first kappa shape index (κ1) is 17.9. The van der Waals surface area contributed by atoms with Crippen molar-refractivity contribution in [2.24, 2.45) is 10.7 Å². The molecule has 2 aromatic rings. The van der Waals surface area contributed by atoms with Crippen LogP contribution in [0.15, 0.2) is 45.8 Å². The molecule has 0 radical (unpaired) electrons. The summed E-state index contributed by atoms with van der Waals surface area (Å²) >= 11 is 6.21. The SMILES string of the molecule is CCNC(=NCc1ccc(C(N)=O)o1)N(C)Cc1ccccc1Cl. The summed E-state index contributed by atoms with van der Waals surface area (Å²) in [6.07, 6.45) is 0. The Labute approximate surface area is 146 Å². The summed E-state index contributed by atoms with van der Waals surface area (Å²) in [4.78, 5) is 17.6. The first-order valence-electron chi connectivity index (χ1n) is 7.62. The number of halogens is 1. The molecule has 0 saturated carbocycles. The van der Waals surface area contributed by atoms with E-state index < -0.39 is 5.91 Å². The second kappa shape index (κ2) is 8.40. The van der Waals surface area contributed by atoms with Crippen molar-refractivity contribution in [2.75, 3.05) is 13.6 Å². The number of furan rings is 1. The van der Waals surface area contributed by atoms with Crippen molar-refractivity contribution in [1.29, 1.82) is 0 Å². The Morgan fingerprint density at radius 2 is 2.08 bits per heavy atom. The van der Waals surface area contributed by atoms with Gasteiger partial charge in [-0.1, -0.05) is 29.8 Å². The number of primary amides is 1. The normalized spacial score (nSPS) is 11.4.